The highest BCUT2D eigenvalue weighted by molar-refractivity contribution is 14.1. The number of halogens is 2. The number of hydrogen-bond donors (Lipinski definition) is 2. The molecule has 0 amide bonds. The van der Waals surface area contributed by atoms with Gasteiger partial charge in [-0.15, -0.1) is 11.3 Å². The molecule has 132 valence electrons. The van der Waals surface area contributed by atoms with E-state index in [0.29, 0.717) is 12.4 Å². The Morgan fingerprint density at radius 3 is 3.08 bits per heavy atom. The minimum absolute atomic E-state index is 0.00159. The molecule has 6 nitrogen and oxygen atoms in total. The maximum atomic E-state index is 6.28. The molecule has 0 bridgehead atoms. The van der Waals surface area contributed by atoms with Crippen LogP contribution in [0.25, 0.3) is 10.2 Å². The van der Waals surface area contributed by atoms with Gasteiger partial charge in [0.25, 0.3) is 0 Å². The molecule has 0 spiro atoms. The van der Waals surface area contributed by atoms with E-state index in [-0.39, 0.29) is 17.4 Å². The molecule has 3 N–H and O–H groups in total. The number of thiophene rings is 1. The second-order valence-electron chi connectivity index (χ2n) is 5.83. The minimum Gasteiger partial charge on any atom is -0.467 e. The number of hydrogen-bond acceptors (Lipinski definition) is 7. The summed E-state index contributed by atoms with van der Waals surface area (Å²) in [4.78, 5) is 9.87. The summed E-state index contributed by atoms with van der Waals surface area (Å²) in [6.07, 6.45) is 3.51. The molecule has 1 saturated heterocycles. The van der Waals surface area contributed by atoms with E-state index in [2.05, 4.69) is 37.9 Å². The van der Waals surface area contributed by atoms with Gasteiger partial charge in [0.05, 0.1) is 26.0 Å². The Balaban J connectivity index is 1.72. The van der Waals surface area contributed by atoms with Crippen LogP contribution in [0.15, 0.2) is 22.8 Å². The second-order valence-corrected chi connectivity index (χ2v) is 8.30. The highest BCUT2D eigenvalue weighted by atomic mass is 127. The van der Waals surface area contributed by atoms with Crippen molar-refractivity contribution in [3.63, 3.8) is 0 Å². The molecule has 3 aromatic rings. The molecule has 1 aliphatic rings. The van der Waals surface area contributed by atoms with E-state index in [0.717, 1.165) is 43.9 Å². The van der Waals surface area contributed by atoms with Gasteiger partial charge in [-0.05, 0) is 59.2 Å². The van der Waals surface area contributed by atoms with Crippen LogP contribution >= 0.6 is 45.5 Å². The summed E-state index contributed by atoms with van der Waals surface area (Å²) < 4.78 is 13.3. The third-order valence-corrected chi connectivity index (χ3v) is 6.99. The molecule has 0 aliphatic carbocycles. The lowest BCUT2D eigenvalue weighted by atomic mass is 10.0. The normalized spacial score (nSPS) is 20.9. The molecule has 0 saturated carbocycles. The van der Waals surface area contributed by atoms with Crippen molar-refractivity contribution in [2.45, 2.75) is 31.5 Å². The first kappa shape index (κ1) is 17.5. The van der Waals surface area contributed by atoms with Crippen LogP contribution in [0, 0.1) is 3.57 Å². The van der Waals surface area contributed by atoms with Gasteiger partial charge in [0, 0.05) is 12.6 Å². The van der Waals surface area contributed by atoms with Crippen molar-refractivity contribution in [2.24, 2.45) is 5.73 Å². The third kappa shape index (κ3) is 3.50. The standard InChI is InChI=1S/C16H16ClIN4O2S/c17-16-21-11-10(18)13(12-9(19)4-2-6-24-12)25-14(11)15(22-16)20-7-8-3-1-5-23-8/h1,3,5,9,12H,2,4,6-7,19H2,(H,20,21,22)/t9-,12-/m1/s1. The molecule has 2 atom stereocenters. The zero-order chi connectivity index (χ0) is 17.4. The van der Waals surface area contributed by atoms with Gasteiger partial charge >= 0.3 is 0 Å². The van der Waals surface area contributed by atoms with Crippen LogP contribution in [-0.4, -0.2) is 22.6 Å². The lowest BCUT2D eigenvalue weighted by Gasteiger charge is -2.28. The van der Waals surface area contributed by atoms with Crippen molar-refractivity contribution in [1.29, 1.82) is 0 Å². The van der Waals surface area contributed by atoms with E-state index in [9.17, 15) is 0 Å². The van der Waals surface area contributed by atoms with Gasteiger partial charge in [0.2, 0.25) is 5.28 Å². The van der Waals surface area contributed by atoms with Crippen LogP contribution in [0.2, 0.25) is 5.28 Å². The van der Waals surface area contributed by atoms with Gasteiger partial charge in [-0.2, -0.15) is 4.98 Å². The van der Waals surface area contributed by atoms with Gasteiger partial charge in [-0.1, -0.05) is 0 Å². The van der Waals surface area contributed by atoms with E-state index < -0.39 is 0 Å². The molecule has 0 aromatic carbocycles. The summed E-state index contributed by atoms with van der Waals surface area (Å²) >= 11 is 10.1. The first-order valence-electron chi connectivity index (χ1n) is 7.92. The fourth-order valence-electron chi connectivity index (χ4n) is 2.90. The summed E-state index contributed by atoms with van der Waals surface area (Å²) in [6, 6.07) is 3.76. The molecule has 4 rings (SSSR count). The van der Waals surface area contributed by atoms with Gasteiger partial charge in [0.15, 0.2) is 0 Å². The monoisotopic (exact) mass is 490 g/mol. The summed E-state index contributed by atoms with van der Waals surface area (Å²) in [5.41, 5.74) is 7.12. The van der Waals surface area contributed by atoms with Crippen LogP contribution in [0.4, 0.5) is 5.82 Å². The Morgan fingerprint density at radius 2 is 2.32 bits per heavy atom. The molecule has 4 heterocycles. The Hall–Kier alpha value is -0.940. The highest BCUT2D eigenvalue weighted by Gasteiger charge is 2.30. The van der Waals surface area contributed by atoms with Crippen molar-refractivity contribution >= 4 is 61.6 Å². The Bertz CT molecular complexity index is 886. The number of nitrogens with zero attached hydrogens (tertiary/aromatic N) is 2. The van der Waals surface area contributed by atoms with Crippen LogP contribution in [-0.2, 0) is 11.3 Å². The lowest BCUT2D eigenvalue weighted by molar-refractivity contribution is 0.00196. The van der Waals surface area contributed by atoms with Crippen LogP contribution in [0.3, 0.4) is 0 Å². The average molecular weight is 491 g/mol. The minimum atomic E-state index is -0.100. The van der Waals surface area contributed by atoms with Crippen LogP contribution in [0.1, 0.15) is 29.6 Å². The zero-order valence-corrected chi connectivity index (χ0v) is 16.9. The summed E-state index contributed by atoms with van der Waals surface area (Å²) in [6.45, 7) is 1.26. The molecule has 1 aliphatic heterocycles. The number of fused-ring (bicyclic) bond motifs is 1. The van der Waals surface area contributed by atoms with Crippen molar-refractivity contribution in [1.82, 2.24) is 9.97 Å². The fourth-order valence-corrected chi connectivity index (χ4v) is 5.50. The summed E-state index contributed by atoms with van der Waals surface area (Å²) in [5.74, 6) is 1.52. The first-order valence-corrected chi connectivity index (χ1v) is 10.2. The Kier molecular flexibility index (Phi) is 5.14. The number of rotatable bonds is 4. The number of nitrogens with two attached hydrogens (primary N) is 1. The highest BCUT2D eigenvalue weighted by Crippen LogP contribution is 2.42. The van der Waals surface area contributed by atoms with Gasteiger partial charge in [0.1, 0.15) is 23.2 Å². The molecule has 9 heteroatoms. The number of furan rings is 1. The predicted octanol–water partition coefficient (Wildman–Crippen LogP) is 4.33. The average Bonchev–Trinajstić information content (AvgIpc) is 3.22. The maximum absolute atomic E-state index is 6.28. The summed E-state index contributed by atoms with van der Waals surface area (Å²) in [7, 11) is 0. The number of nitrogens with one attached hydrogen (secondary N) is 1. The number of ether oxygens (including phenoxy) is 1. The Morgan fingerprint density at radius 1 is 1.44 bits per heavy atom. The van der Waals surface area contributed by atoms with Crippen molar-refractivity contribution in [3.8, 4) is 0 Å². The lowest BCUT2D eigenvalue weighted by Crippen LogP contribution is -2.34. The smallest absolute Gasteiger partial charge is 0.225 e. The number of aromatic nitrogens is 2. The SMILES string of the molecule is N[C@@H]1CCCO[C@H]1c1sc2c(NCc3ccco3)nc(Cl)nc2c1I. The quantitative estimate of drug-likeness (QED) is 0.418. The van der Waals surface area contributed by atoms with Gasteiger partial charge in [-0.3, -0.25) is 0 Å². The molecule has 25 heavy (non-hydrogen) atoms. The predicted molar refractivity (Wildman–Crippen MR) is 107 cm³/mol. The zero-order valence-electron chi connectivity index (χ0n) is 13.2. The van der Waals surface area contributed by atoms with Crippen LogP contribution < -0.4 is 11.1 Å². The second kappa shape index (κ2) is 7.36. The van der Waals surface area contributed by atoms with E-state index >= 15 is 0 Å². The van der Waals surface area contributed by atoms with Crippen molar-refractivity contribution < 1.29 is 9.15 Å². The van der Waals surface area contributed by atoms with Gasteiger partial charge < -0.3 is 20.2 Å². The van der Waals surface area contributed by atoms with Crippen LogP contribution in [0.5, 0.6) is 0 Å². The van der Waals surface area contributed by atoms with E-state index in [1.165, 1.54) is 0 Å². The maximum Gasteiger partial charge on any atom is 0.225 e. The fraction of sp³-hybridized carbons (Fsp3) is 0.375. The molecule has 3 aromatic heterocycles. The number of anilines is 1. The topological polar surface area (TPSA) is 86.2 Å². The molecular formula is C16H16ClIN4O2S. The first-order chi connectivity index (χ1) is 12.1. The van der Waals surface area contributed by atoms with E-state index in [1.807, 2.05) is 12.1 Å². The Labute approximate surface area is 167 Å². The van der Waals surface area contributed by atoms with Crippen molar-refractivity contribution in [2.75, 3.05) is 11.9 Å². The molecule has 0 radical (unpaired) electrons. The molecular weight excluding hydrogens is 475 g/mol. The third-order valence-electron chi connectivity index (χ3n) is 4.11. The van der Waals surface area contributed by atoms with Crippen molar-refractivity contribution in [3.05, 3.63) is 37.9 Å². The summed E-state index contributed by atoms with van der Waals surface area (Å²) in [5, 5.41) is 3.50. The van der Waals surface area contributed by atoms with E-state index in [4.69, 9.17) is 26.5 Å². The molecule has 1 fully saturated rings. The molecule has 0 unspecified atom stereocenters. The van der Waals surface area contributed by atoms with Gasteiger partial charge in [-0.25, -0.2) is 4.98 Å². The van der Waals surface area contributed by atoms with E-state index in [1.54, 1.807) is 17.6 Å². The largest absolute Gasteiger partial charge is 0.467 e.